The minimum atomic E-state index is -4.23. The lowest BCUT2D eigenvalue weighted by Crippen LogP contribution is -2.31. The minimum Gasteiger partial charge on any atom is -0.316 e. The summed E-state index contributed by atoms with van der Waals surface area (Å²) >= 11 is 0. The van der Waals surface area contributed by atoms with Crippen molar-refractivity contribution in [2.45, 2.75) is 24.4 Å². The van der Waals surface area contributed by atoms with Crippen LogP contribution in [0.25, 0.3) is 0 Å². The van der Waals surface area contributed by atoms with Crippen LogP contribution in [-0.2, 0) is 11.6 Å². The summed E-state index contributed by atoms with van der Waals surface area (Å²) in [5.74, 6) is 0.619. The molecule has 0 aromatic heterocycles. The number of nitrogens with one attached hydrogen (secondary N) is 1. The van der Waals surface area contributed by atoms with E-state index >= 15 is 0 Å². The van der Waals surface area contributed by atoms with Crippen molar-refractivity contribution in [1.29, 1.82) is 0 Å². The zero-order valence-corrected chi connectivity index (χ0v) is 9.35. The minimum absolute atomic E-state index is 0.176. The first-order valence-electron chi connectivity index (χ1n) is 5.91. The van der Waals surface area contributed by atoms with E-state index < -0.39 is 11.7 Å². The van der Waals surface area contributed by atoms with Crippen molar-refractivity contribution < 1.29 is 13.2 Å². The fraction of sp³-hybridized carbons (Fsp3) is 0.538. The van der Waals surface area contributed by atoms with Crippen LogP contribution in [0, 0.1) is 5.92 Å². The first kappa shape index (κ1) is 11.1. The summed E-state index contributed by atoms with van der Waals surface area (Å²) < 4.78 is 37.4. The van der Waals surface area contributed by atoms with E-state index in [1.807, 2.05) is 0 Å². The van der Waals surface area contributed by atoms with Crippen molar-refractivity contribution in [2.75, 3.05) is 13.1 Å². The Labute approximate surface area is 98.0 Å². The molecule has 2 fully saturated rings. The molecule has 1 aromatic carbocycles. The summed E-state index contributed by atoms with van der Waals surface area (Å²) in [5, 5.41) is 3.33. The van der Waals surface area contributed by atoms with E-state index in [1.165, 1.54) is 12.1 Å². The zero-order chi connectivity index (χ0) is 12.1. The predicted octanol–water partition coefficient (Wildman–Crippen LogP) is 2.96. The molecular weight excluding hydrogens is 227 g/mol. The number of fused-ring (bicyclic) bond motifs is 1. The standard InChI is InChI=1S/C13H14F3N/c14-13(15,16)10-3-1-9(2-4-10)12-5-6-17-8-11(12)7-12/h1-4,11,17H,5-8H2/t11-,12-/m0/s1. The number of piperidine rings is 1. The molecule has 2 aliphatic rings. The van der Waals surface area contributed by atoms with Crippen molar-refractivity contribution in [3.63, 3.8) is 0 Å². The van der Waals surface area contributed by atoms with Gasteiger partial charge in [0.15, 0.2) is 0 Å². The van der Waals surface area contributed by atoms with Gasteiger partial charge in [-0.15, -0.1) is 0 Å². The summed E-state index contributed by atoms with van der Waals surface area (Å²) in [6.45, 7) is 1.97. The van der Waals surface area contributed by atoms with Crippen LogP contribution in [0.15, 0.2) is 24.3 Å². The second kappa shape index (κ2) is 3.48. The second-order valence-electron chi connectivity index (χ2n) is 5.09. The maximum atomic E-state index is 12.5. The Morgan fingerprint density at radius 3 is 2.47 bits per heavy atom. The fourth-order valence-corrected chi connectivity index (χ4v) is 3.03. The monoisotopic (exact) mass is 241 g/mol. The van der Waals surface area contributed by atoms with Gasteiger partial charge >= 0.3 is 6.18 Å². The number of rotatable bonds is 1. The SMILES string of the molecule is FC(F)(F)c1ccc([C@@]23CCNC[C@@H]2C3)cc1. The molecule has 1 saturated heterocycles. The molecular formula is C13H14F3N. The summed E-state index contributed by atoms with van der Waals surface area (Å²) in [7, 11) is 0. The predicted molar refractivity (Wildman–Crippen MR) is 58.7 cm³/mol. The molecule has 0 spiro atoms. The van der Waals surface area contributed by atoms with Crippen molar-refractivity contribution in [3.8, 4) is 0 Å². The maximum Gasteiger partial charge on any atom is 0.416 e. The highest BCUT2D eigenvalue weighted by molar-refractivity contribution is 5.37. The van der Waals surface area contributed by atoms with Gasteiger partial charge in [0.25, 0.3) is 0 Å². The molecule has 0 radical (unpaired) electrons. The average Bonchev–Trinajstić information content (AvgIpc) is 3.03. The summed E-state index contributed by atoms with van der Waals surface area (Å²) in [6, 6.07) is 5.74. The summed E-state index contributed by atoms with van der Waals surface area (Å²) in [5.41, 5.74) is 0.704. The van der Waals surface area contributed by atoms with Gasteiger partial charge < -0.3 is 5.32 Å². The molecule has 0 bridgehead atoms. The largest absolute Gasteiger partial charge is 0.416 e. The van der Waals surface area contributed by atoms with Gasteiger partial charge in [0.05, 0.1) is 5.56 Å². The highest BCUT2D eigenvalue weighted by Gasteiger charge is 2.55. The number of hydrogen-bond acceptors (Lipinski definition) is 1. The number of benzene rings is 1. The Bertz CT molecular complexity index is 423. The van der Waals surface area contributed by atoms with Crippen LogP contribution in [0.1, 0.15) is 24.0 Å². The van der Waals surface area contributed by atoms with Crippen LogP contribution >= 0.6 is 0 Å². The Morgan fingerprint density at radius 1 is 1.18 bits per heavy atom. The smallest absolute Gasteiger partial charge is 0.316 e. The van der Waals surface area contributed by atoms with Crippen LogP contribution in [0.5, 0.6) is 0 Å². The van der Waals surface area contributed by atoms with E-state index in [1.54, 1.807) is 12.1 Å². The van der Waals surface area contributed by atoms with Gasteiger partial charge in [0.1, 0.15) is 0 Å². The molecule has 1 nitrogen and oxygen atoms in total. The fourth-order valence-electron chi connectivity index (χ4n) is 3.03. The van der Waals surface area contributed by atoms with Crippen molar-refractivity contribution in [3.05, 3.63) is 35.4 Å². The molecule has 0 unspecified atom stereocenters. The lowest BCUT2D eigenvalue weighted by atomic mass is 9.87. The van der Waals surface area contributed by atoms with Crippen LogP contribution in [0.4, 0.5) is 13.2 Å². The zero-order valence-electron chi connectivity index (χ0n) is 9.35. The number of halogens is 3. The van der Waals surface area contributed by atoms with Gasteiger partial charge in [0.2, 0.25) is 0 Å². The number of hydrogen-bond donors (Lipinski definition) is 1. The molecule has 2 atom stereocenters. The lowest BCUT2D eigenvalue weighted by molar-refractivity contribution is -0.137. The molecule has 3 rings (SSSR count). The van der Waals surface area contributed by atoms with E-state index in [4.69, 9.17) is 0 Å². The lowest BCUT2D eigenvalue weighted by Gasteiger charge is -2.23. The van der Waals surface area contributed by atoms with E-state index in [-0.39, 0.29) is 5.41 Å². The first-order valence-corrected chi connectivity index (χ1v) is 5.91. The summed E-state index contributed by atoms with van der Waals surface area (Å²) in [6.07, 6.45) is -2.07. The van der Waals surface area contributed by atoms with E-state index in [0.29, 0.717) is 5.92 Å². The third kappa shape index (κ3) is 1.75. The van der Waals surface area contributed by atoms with E-state index in [9.17, 15) is 13.2 Å². The quantitative estimate of drug-likeness (QED) is 0.797. The Kier molecular flexibility index (Phi) is 2.27. The van der Waals surface area contributed by atoms with Crippen molar-refractivity contribution >= 4 is 0 Å². The van der Waals surface area contributed by atoms with Gasteiger partial charge in [0, 0.05) is 5.41 Å². The van der Waals surface area contributed by atoms with Gasteiger partial charge in [-0.05, 0) is 49.5 Å². The van der Waals surface area contributed by atoms with Gasteiger partial charge in [-0.25, -0.2) is 0 Å². The first-order chi connectivity index (χ1) is 8.02. The van der Waals surface area contributed by atoms with Crippen molar-refractivity contribution in [1.82, 2.24) is 5.32 Å². The van der Waals surface area contributed by atoms with E-state index in [0.717, 1.165) is 31.5 Å². The van der Waals surface area contributed by atoms with Gasteiger partial charge in [-0.1, -0.05) is 12.1 Å². The molecule has 0 amide bonds. The van der Waals surface area contributed by atoms with E-state index in [2.05, 4.69) is 5.32 Å². The molecule has 1 aliphatic heterocycles. The van der Waals surface area contributed by atoms with Crippen LogP contribution in [0.3, 0.4) is 0 Å². The highest BCUT2D eigenvalue weighted by Crippen LogP contribution is 2.57. The molecule has 1 saturated carbocycles. The highest BCUT2D eigenvalue weighted by atomic mass is 19.4. The molecule has 92 valence electrons. The maximum absolute atomic E-state index is 12.5. The van der Waals surface area contributed by atoms with Gasteiger partial charge in [-0.2, -0.15) is 13.2 Å². The third-order valence-electron chi connectivity index (χ3n) is 4.16. The van der Waals surface area contributed by atoms with Crippen LogP contribution < -0.4 is 5.32 Å². The molecule has 1 N–H and O–H groups in total. The number of alkyl halides is 3. The average molecular weight is 241 g/mol. The molecule has 4 heteroatoms. The molecule has 1 heterocycles. The Balaban J connectivity index is 1.86. The molecule has 1 aromatic rings. The second-order valence-corrected chi connectivity index (χ2v) is 5.09. The third-order valence-corrected chi connectivity index (χ3v) is 4.16. The molecule has 1 aliphatic carbocycles. The van der Waals surface area contributed by atoms with Crippen LogP contribution in [0.2, 0.25) is 0 Å². The van der Waals surface area contributed by atoms with Gasteiger partial charge in [-0.3, -0.25) is 0 Å². The molecule has 17 heavy (non-hydrogen) atoms. The topological polar surface area (TPSA) is 12.0 Å². The summed E-state index contributed by atoms with van der Waals surface area (Å²) in [4.78, 5) is 0. The Hall–Kier alpha value is -1.03. The Morgan fingerprint density at radius 2 is 1.88 bits per heavy atom. The van der Waals surface area contributed by atoms with Crippen molar-refractivity contribution in [2.24, 2.45) is 5.92 Å². The van der Waals surface area contributed by atoms with Crippen LogP contribution in [-0.4, -0.2) is 13.1 Å². The normalized spacial score (nSPS) is 32.1.